The van der Waals surface area contributed by atoms with Crippen molar-refractivity contribution in [3.05, 3.63) is 45.5 Å². The molecule has 0 atom stereocenters. The zero-order valence-electron chi connectivity index (χ0n) is 19.8. The van der Waals surface area contributed by atoms with Gasteiger partial charge in [0.15, 0.2) is 0 Å². The molecule has 1 fully saturated rings. The lowest BCUT2D eigenvalue weighted by molar-refractivity contribution is -0.122. The quantitative estimate of drug-likeness (QED) is 0.455. The number of anilines is 2. The van der Waals surface area contributed by atoms with Crippen LogP contribution in [0.15, 0.2) is 36.4 Å². The first-order valence-electron chi connectivity index (χ1n) is 11.5. The summed E-state index contributed by atoms with van der Waals surface area (Å²) < 4.78 is 11.5. The molecule has 35 heavy (non-hydrogen) atoms. The predicted molar refractivity (Wildman–Crippen MR) is 141 cm³/mol. The van der Waals surface area contributed by atoms with E-state index >= 15 is 0 Å². The first-order chi connectivity index (χ1) is 16.9. The minimum Gasteiger partial charge on any atom is -0.496 e. The van der Waals surface area contributed by atoms with Gasteiger partial charge in [0, 0.05) is 12.1 Å². The van der Waals surface area contributed by atoms with Gasteiger partial charge in [0.2, 0.25) is 11.8 Å². The second kappa shape index (κ2) is 11.1. The number of nitrogens with zero attached hydrogens (tertiary/aromatic N) is 2. The van der Waals surface area contributed by atoms with E-state index in [4.69, 9.17) is 9.47 Å². The highest BCUT2D eigenvalue weighted by Crippen LogP contribution is 2.34. The summed E-state index contributed by atoms with van der Waals surface area (Å²) in [4.78, 5) is 41.9. The van der Waals surface area contributed by atoms with Crippen LogP contribution in [-0.4, -0.2) is 56.1 Å². The van der Waals surface area contributed by atoms with Crippen LogP contribution in [0.2, 0.25) is 0 Å². The number of amides is 4. The second-order valence-corrected chi connectivity index (χ2v) is 9.80. The number of carbonyl (C=O) groups excluding carboxylic acids is 3. The number of benzene rings is 2. The molecule has 1 aliphatic heterocycles. The van der Waals surface area contributed by atoms with Crippen molar-refractivity contribution in [2.24, 2.45) is 0 Å². The number of methoxy groups -OCH3 is 2. The van der Waals surface area contributed by atoms with E-state index in [9.17, 15) is 14.4 Å². The van der Waals surface area contributed by atoms with Crippen LogP contribution in [0.3, 0.4) is 0 Å². The molecule has 2 aromatic carbocycles. The Morgan fingerprint density at radius 3 is 2.46 bits per heavy atom. The number of para-hydroxylation sites is 1. The summed E-state index contributed by atoms with van der Waals surface area (Å²) in [5.41, 5.74) is 2.02. The molecule has 0 unspecified atom stereocenters. The van der Waals surface area contributed by atoms with Crippen LogP contribution in [0, 0.1) is 3.57 Å². The van der Waals surface area contributed by atoms with E-state index in [0.717, 1.165) is 34.8 Å². The van der Waals surface area contributed by atoms with Crippen LogP contribution in [0.5, 0.6) is 11.5 Å². The Morgan fingerprint density at radius 1 is 1.03 bits per heavy atom. The predicted octanol–water partition coefficient (Wildman–Crippen LogP) is 3.75. The topological polar surface area (TPSA) is 100 Å². The molecule has 1 heterocycles. The van der Waals surface area contributed by atoms with Crippen LogP contribution in [-0.2, 0) is 16.1 Å². The van der Waals surface area contributed by atoms with Crippen LogP contribution >= 0.6 is 22.6 Å². The molecule has 2 aliphatic rings. The SMILES string of the molecule is COc1cc(OC)c(NC(=O)CN2C(=O)N(CC(=O)NC3CCCC3)Cc3ccccc32)cc1I. The number of carbonyl (C=O) groups is 3. The Labute approximate surface area is 218 Å². The van der Waals surface area contributed by atoms with Gasteiger partial charge in [-0.15, -0.1) is 0 Å². The Morgan fingerprint density at radius 2 is 1.74 bits per heavy atom. The third-order valence-electron chi connectivity index (χ3n) is 6.25. The van der Waals surface area contributed by atoms with E-state index in [1.807, 2.05) is 24.3 Å². The fourth-order valence-electron chi connectivity index (χ4n) is 4.54. The summed E-state index contributed by atoms with van der Waals surface area (Å²) >= 11 is 2.11. The van der Waals surface area contributed by atoms with Crippen molar-refractivity contribution in [3.63, 3.8) is 0 Å². The summed E-state index contributed by atoms with van der Waals surface area (Å²) in [6.45, 7) is 0.0599. The van der Waals surface area contributed by atoms with E-state index in [0.29, 0.717) is 29.4 Å². The number of nitrogens with one attached hydrogen (secondary N) is 2. The summed E-state index contributed by atoms with van der Waals surface area (Å²) in [7, 11) is 3.07. The summed E-state index contributed by atoms with van der Waals surface area (Å²) in [5, 5.41) is 5.87. The lowest BCUT2D eigenvalue weighted by Gasteiger charge is -2.36. The van der Waals surface area contributed by atoms with Gasteiger partial charge >= 0.3 is 6.03 Å². The van der Waals surface area contributed by atoms with Crippen LogP contribution in [0.1, 0.15) is 31.2 Å². The van der Waals surface area contributed by atoms with Crippen molar-refractivity contribution in [2.75, 3.05) is 37.5 Å². The molecule has 1 saturated carbocycles. The first kappa shape index (κ1) is 25.1. The fraction of sp³-hybridized carbons (Fsp3) is 0.400. The number of ether oxygens (including phenoxy) is 2. The van der Waals surface area contributed by atoms with Crippen molar-refractivity contribution in [1.29, 1.82) is 0 Å². The average molecular weight is 592 g/mol. The van der Waals surface area contributed by atoms with Gasteiger partial charge in [-0.2, -0.15) is 0 Å². The van der Waals surface area contributed by atoms with Gasteiger partial charge in [0.05, 0.1) is 35.7 Å². The molecule has 1 aliphatic carbocycles. The Balaban J connectivity index is 1.49. The molecule has 0 aromatic heterocycles. The molecule has 0 spiro atoms. The maximum Gasteiger partial charge on any atom is 0.325 e. The number of halogens is 1. The normalized spacial score (nSPS) is 15.6. The molecule has 0 bridgehead atoms. The van der Waals surface area contributed by atoms with E-state index in [1.54, 1.807) is 19.2 Å². The molecule has 0 radical (unpaired) electrons. The summed E-state index contributed by atoms with van der Waals surface area (Å²) in [5.74, 6) is 0.523. The highest BCUT2D eigenvalue weighted by molar-refractivity contribution is 14.1. The third kappa shape index (κ3) is 5.80. The molecule has 4 amide bonds. The molecule has 186 valence electrons. The number of rotatable bonds is 8. The van der Waals surface area contributed by atoms with Gasteiger partial charge in [-0.05, 0) is 53.1 Å². The van der Waals surface area contributed by atoms with Crippen molar-refractivity contribution in [1.82, 2.24) is 10.2 Å². The molecule has 2 aromatic rings. The number of hydrogen-bond acceptors (Lipinski definition) is 5. The van der Waals surface area contributed by atoms with E-state index in [1.165, 1.54) is 16.9 Å². The van der Waals surface area contributed by atoms with Gasteiger partial charge in [-0.1, -0.05) is 31.0 Å². The van der Waals surface area contributed by atoms with Crippen LogP contribution in [0.4, 0.5) is 16.2 Å². The third-order valence-corrected chi connectivity index (χ3v) is 7.09. The lowest BCUT2D eigenvalue weighted by atomic mass is 10.1. The lowest BCUT2D eigenvalue weighted by Crippen LogP contribution is -2.52. The Bertz CT molecular complexity index is 1120. The zero-order valence-corrected chi connectivity index (χ0v) is 22.0. The maximum atomic E-state index is 13.4. The number of hydrogen-bond donors (Lipinski definition) is 2. The van der Waals surface area contributed by atoms with Crippen LogP contribution in [0.25, 0.3) is 0 Å². The minimum atomic E-state index is -0.385. The Kier molecular flexibility index (Phi) is 7.99. The zero-order chi connectivity index (χ0) is 24.9. The standard InChI is InChI=1S/C25H29IN4O5/c1-34-21-12-22(35-2)19(11-18(21)26)28-24(32)15-30-20-10-6-3-7-16(20)13-29(25(30)33)14-23(31)27-17-8-4-5-9-17/h3,6-7,10-12,17H,4-5,8-9,13-15H2,1-2H3,(H,27,31)(H,28,32). The molecular formula is C25H29IN4O5. The highest BCUT2D eigenvalue weighted by atomic mass is 127. The van der Waals surface area contributed by atoms with E-state index in [2.05, 4.69) is 33.2 Å². The molecule has 2 N–H and O–H groups in total. The molecule has 0 saturated heterocycles. The van der Waals surface area contributed by atoms with Gasteiger partial charge in [0.25, 0.3) is 0 Å². The number of urea groups is 1. The van der Waals surface area contributed by atoms with Gasteiger partial charge in [0.1, 0.15) is 24.6 Å². The van der Waals surface area contributed by atoms with Crippen molar-refractivity contribution >= 4 is 51.8 Å². The fourth-order valence-corrected chi connectivity index (χ4v) is 5.23. The molecule has 4 rings (SSSR count). The average Bonchev–Trinajstić information content (AvgIpc) is 3.34. The Hall–Kier alpha value is -3.02. The molecule has 9 nitrogen and oxygen atoms in total. The summed E-state index contributed by atoms with van der Waals surface area (Å²) in [6, 6.07) is 10.7. The van der Waals surface area contributed by atoms with Crippen LogP contribution < -0.4 is 25.0 Å². The van der Waals surface area contributed by atoms with Crippen molar-refractivity contribution < 1.29 is 23.9 Å². The molecule has 10 heteroatoms. The van der Waals surface area contributed by atoms with E-state index < -0.39 is 0 Å². The van der Waals surface area contributed by atoms with Gasteiger partial charge in [-0.25, -0.2) is 4.79 Å². The van der Waals surface area contributed by atoms with Crippen molar-refractivity contribution in [2.45, 2.75) is 38.3 Å². The van der Waals surface area contributed by atoms with Gasteiger partial charge < -0.3 is 25.0 Å². The summed E-state index contributed by atoms with van der Waals surface area (Å²) in [6.07, 6.45) is 4.18. The number of fused-ring (bicyclic) bond motifs is 1. The van der Waals surface area contributed by atoms with Crippen molar-refractivity contribution in [3.8, 4) is 11.5 Å². The molecular weight excluding hydrogens is 563 g/mol. The first-order valence-corrected chi connectivity index (χ1v) is 12.6. The largest absolute Gasteiger partial charge is 0.496 e. The monoisotopic (exact) mass is 592 g/mol. The highest BCUT2D eigenvalue weighted by Gasteiger charge is 2.33. The smallest absolute Gasteiger partial charge is 0.325 e. The van der Waals surface area contributed by atoms with Gasteiger partial charge in [-0.3, -0.25) is 14.5 Å². The van der Waals surface area contributed by atoms with E-state index in [-0.39, 0.29) is 37.0 Å². The second-order valence-electron chi connectivity index (χ2n) is 8.64. The maximum absolute atomic E-state index is 13.4. The minimum absolute atomic E-state index is 0.0493.